The summed E-state index contributed by atoms with van der Waals surface area (Å²) in [5.74, 6) is -0.0976. The summed E-state index contributed by atoms with van der Waals surface area (Å²) in [7, 11) is 4.07. The van der Waals surface area contributed by atoms with Crippen LogP contribution in [0.4, 0.5) is 11.4 Å². The van der Waals surface area contributed by atoms with E-state index < -0.39 is 0 Å². The molecule has 2 heterocycles. The van der Waals surface area contributed by atoms with Gasteiger partial charge in [-0.2, -0.15) is 0 Å². The Balaban J connectivity index is 1.58. The van der Waals surface area contributed by atoms with Gasteiger partial charge in [-0.25, -0.2) is 0 Å². The van der Waals surface area contributed by atoms with E-state index in [-0.39, 0.29) is 5.91 Å². The molecule has 29 heavy (non-hydrogen) atoms. The number of amides is 1. The quantitative estimate of drug-likeness (QED) is 0.731. The minimum atomic E-state index is -0.0976. The van der Waals surface area contributed by atoms with Crippen LogP contribution in [0.25, 0.3) is 0 Å². The molecule has 0 aliphatic carbocycles. The van der Waals surface area contributed by atoms with Crippen molar-refractivity contribution in [2.75, 3.05) is 63.2 Å². The highest BCUT2D eigenvalue weighted by atomic mass is 16.1. The summed E-state index contributed by atoms with van der Waals surface area (Å²) < 4.78 is 0. The molecule has 0 saturated carbocycles. The topological polar surface area (TPSA) is 51.7 Å². The second-order valence-corrected chi connectivity index (χ2v) is 8.01. The normalized spacial score (nSPS) is 14.4. The third-order valence-electron chi connectivity index (χ3n) is 5.61. The molecule has 3 rings (SSSR count). The van der Waals surface area contributed by atoms with Crippen LogP contribution in [0.3, 0.4) is 0 Å². The maximum atomic E-state index is 12.4. The van der Waals surface area contributed by atoms with E-state index in [1.165, 1.54) is 16.8 Å². The van der Waals surface area contributed by atoms with Crippen molar-refractivity contribution in [3.63, 3.8) is 0 Å². The van der Waals surface area contributed by atoms with Crippen molar-refractivity contribution in [2.24, 2.45) is 0 Å². The largest absolute Gasteiger partial charge is 0.368 e. The summed E-state index contributed by atoms with van der Waals surface area (Å²) >= 11 is 0. The van der Waals surface area contributed by atoms with Crippen LogP contribution in [0, 0.1) is 13.8 Å². The van der Waals surface area contributed by atoms with E-state index in [9.17, 15) is 4.79 Å². The Labute approximate surface area is 174 Å². The van der Waals surface area contributed by atoms with Gasteiger partial charge in [-0.05, 0) is 70.2 Å². The first-order valence-corrected chi connectivity index (χ1v) is 10.4. The number of pyridine rings is 1. The molecule has 0 spiro atoms. The lowest BCUT2D eigenvalue weighted by Gasteiger charge is -2.38. The predicted octanol–water partition coefficient (Wildman–Crippen LogP) is 2.71. The number of rotatable bonds is 7. The molecule has 1 amide bonds. The molecule has 1 aliphatic heterocycles. The van der Waals surface area contributed by atoms with Crippen LogP contribution in [-0.4, -0.2) is 69.2 Å². The van der Waals surface area contributed by atoms with Crippen LogP contribution in [0.1, 0.15) is 28.0 Å². The van der Waals surface area contributed by atoms with Gasteiger partial charge >= 0.3 is 0 Å². The van der Waals surface area contributed by atoms with Gasteiger partial charge in [-0.15, -0.1) is 0 Å². The van der Waals surface area contributed by atoms with Gasteiger partial charge < -0.3 is 20.0 Å². The molecule has 6 nitrogen and oxygen atoms in total. The van der Waals surface area contributed by atoms with E-state index in [0.717, 1.165) is 44.8 Å². The van der Waals surface area contributed by atoms with Gasteiger partial charge in [-0.3, -0.25) is 9.78 Å². The minimum Gasteiger partial charge on any atom is -0.368 e. The van der Waals surface area contributed by atoms with Crippen LogP contribution in [0.5, 0.6) is 0 Å². The zero-order valence-corrected chi connectivity index (χ0v) is 18.1. The van der Waals surface area contributed by atoms with Gasteiger partial charge in [0, 0.05) is 50.3 Å². The molecule has 0 unspecified atom stereocenters. The van der Waals surface area contributed by atoms with E-state index in [0.29, 0.717) is 12.2 Å². The molecular formula is C23H33N5O. The Morgan fingerprint density at radius 3 is 2.55 bits per heavy atom. The van der Waals surface area contributed by atoms with Crippen molar-refractivity contribution >= 4 is 17.3 Å². The van der Waals surface area contributed by atoms with Gasteiger partial charge in [0.2, 0.25) is 0 Å². The van der Waals surface area contributed by atoms with Gasteiger partial charge in [0.05, 0.1) is 0 Å². The predicted molar refractivity (Wildman–Crippen MR) is 120 cm³/mol. The van der Waals surface area contributed by atoms with Crippen molar-refractivity contribution < 1.29 is 4.79 Å². The molecule has 1 aromatic heterocycles. The third kappa shape index (κ3) is 5.48. The van der Waals surface area contributed by atoms with Crippen molar-refractivity contribution in [2.45, 2.75) is 20.3 Å². The Morgan fingerprint density at radius 2 is 1.83 bits per heavy atom. The average Bonchev–Trinajstić information content (AvgIpc) is 2.73. The fourth-order valence-corrected chi connectivity index (χ4v) is 3.71. The highest BCUT2D eigenvalue weighted by Crippen LogP contribution is 2.25. The molecule has 0 atom stereocenters. The standard InChI is InChI=1S/C23H33N5O/c1-18-7-5-8-22(19(18)2)28-15-13-27(14-16-28)20-9-11-24-21(17-20)23(29)25-10-6-12-26(3)4/h5,7-9,11,17H,6,10,12-16H2,1-4H3,(H,25,29). The molecule has 6 heteroatoms. The first-order valence-electron chi connectivity index (χ1n) is 10.4. The third-order valence-corrected chi connectivity index (χ3v) is 5.61. The highest BCUT2D eigenvalue weighted by molar-refractivity contribution is 5.93. The summed E-state index contributed by atoms with van der Waals surface area (Å²) in [6.07, 6.45) is 2.67. The number of hydrogen-bond acceptors (Lipinski definition) is 5. The second-order valence-electron chi connectivity index (χ2n) is 8.01. The second kappa shape index (κ2) is 9.74. The summed E-state index contributed by atoms with van der Waals surface area (Å²) in [4.78, 5) is 23.6. The van der Waals surface area contributed by atoms with Crippen LogP contribution in [0.15, 0.2) is 36.5 Å². The number of carbonyl (C=O) groups excluding carboxylic acids is 1. The minimum absolute atomic E-state index is 0.0976. The van der Waals surface area contributed by atoms with Gasteiger partial charge in [0.15, 0.2) is 0 Å². The molecule has 0 radical (unpaired) electrons. The van der Waals surface area contributed by atoms with E-state index in [1.54, 1.807) is 6.20 Å². The van der Waals surface area contributed by atoms with Crippen LogP contribution in [-0.2, 0) is 0 Å². The summed E-state index contributed by atoms with van der Waals surface area (Å²) in [6.45, 7) is 9.79. The molecule has 1 aromatic carbocycles. The van der Waals surface area contributed by atoms with E-state index in [4.69, 9.17) is 0 Å². The summed E-state index contributed by atoms with van der Waals surface area (Å²) in [6, 6.07) is 10.4. The molecule has 1 aliphatic rings. The Bertz CT molecular complexity index is 828. The Kier molecular flexibility index (Phi) is 7.09. The van der Waals surface area contributed by atoms with Crippen molar-refractivity contribution in [3.8, 4) is 0 Å². The summed E-state index contributed by atoms with van der Waals surface area (Å²) in [5.41, 5.74) is 5.58. The molecule has 156 valence electrons. The Hall–Kier alpha value is -2.60. The highest BCUT2D eigenvalue weighted by Gasteiger charge is 2.20. The lowest BCUT2D eigenvalue weighted by molar-refractivity contribution is 0.0947. The van der Waals surface area contributed by atoms with Crippen LogP contribution in [0.2, 0.25) is 0 Å². The number of hydrogen-bond donors (Lipinski definition) is 1. The number of nitrogens with zero attached hydrogens (tertiary/aromatic N) is 4. The van der Waals surface area contributed by atoms with Crippen molar-refractivity contribution in [3.05, 3.63) is 53.3 Å². The fraction of sp³-hybridized carbons (Fsp3) is 0.478. The fourth-order valence-electron chi connectivity index (χ4n) is 3.71. The number of carbonyl (C=O) groups is 1. The SMILES string of the molecule is Cc1cccc(N2CCN(c3ccnc(C(=O)NCCCN(C)C)c3)CC2)c1C. The smallest absolute Gasteiger partial charge is 0.269 e. The summed E-state index contributed by atoms with van der Waals surface area (Å²) in [5, 5.41) is 2.97. The zero-order chi connectivity index (χ0) is 20.8. The number of aryl methyl sites for hydroxylation is 1. The van der Waals surface area contributed by atoms with E-state index >= 15 is 0 Å². The van der Waals surface area contributed by atoms with Crippen molar-refractivity contribution in [1.29, 1.82) is 0 Å². The van der Waals surface area contributed by atoms with Crippen molar-refractivity contribution in [1.82, 2.24) is 15.2 Å². The lowest BCUT2D eigenvalue weighted by atomic mass is 10.1. The van der Waals surface area contributed by atoms with Crippen LogP contribution >= 0.6 is 0 Å². The maximum Gasteiger partial charge on any atom is 0.269 e. The molecule has 1 saturated heterocycles. The number of anilines is 2. The van der Waals surface area contributed by atoms with Gasteiger partial charge in [-0.1, -0.05) is 12.1 Å². The van der Waals surface area contributed by atoms with E-state index in [1.807, 2.05) is 26.2 Å². The molecule has 2 aromatic rings. The van der Waals surface area contributed by atoms with Gasteiger partial charge in [0.25, 0.3) is 5.91 Å². The van der Waals surface area contributed by atoms with E-state index in [2.05, 4.69) is 57.0 Å². The first kappa shape index (κ1) is 21.1. The van der Waals surface area contributed by atoms with Crippen LogP contribution < -0.4 is 15.1 Å². The number of benzene rings is 1. The molecule has 1 fully saturated rings. The molecular weight excluding hydrogens is 362 g/mol. The number of aromatic nitrogens is 1. The number of piperazine rings is 1. The maximum absolute atomic E-state index is 12.4. The lowest BCUT2D eigenvalue weighted by Crippen LogP contribution is -2.46. The molecule has 0 bridgehead atoms. The van der Waals surface area contributed by atoms with Gasteiger partial charge in [0.1, 0.15) is 5.69 Å². The monoisotopic (exact) mass is 395 g/mol. The first-order chi connectivity index (χ1) is 14.0. The Morgan fingerprint density at radius 1 is 1.10 bits per heavy atom. The molecule has 1 N–H and O–H groups in total. The number of nitrogens with one attached hydrogen (secondary N) is 1. The zero-order valence-electron chi connectivity index (χ0n) is 18.1. The average molecular weight is 396 g/mol.